The molecule has 0 aliphatic rings. The van der Waals surface area contributed by atoms with Crippen molar-refractivity contribution in [1.29, 1.82) is 0 Å². The van der Waals surface area contributed by atoms with E-state index in [0.717, 1.165) is 0 Å². The van der Waals surface area contributed by atoms with Crippen LogP contribution in [-0.4, -0.2) is 14.5 Å². The number of pyridine rings is 2. The average Bonchev–Trinajstić information content (AvgIpc) is 2.74. The summed E-state index contributed by atoms with van der Waals surface area (Å²) >= 11 is 12.3. The molecule has 1 N–H and O–H groups in total. The van der Waals surface area contributed by atoms with E-state index in [0.29, 0.717) is 27.2 Å². The van der Waals surface area contributed by atoms with Gasteiger partial charge in [-0.3, -0.25) is 19.5 Å². The minimum atomic E-state index is -0.588. The largest absolute Gasteiger partial charge is 0.356 e. The van der Waals surface area contributed by atoms with Gasteiger partial charge in [-0.25, -0.2) is 4.98 Å². The maximum atomic E-state index is 13.5. The molecule has 2 aromatic carbocycles. The highest BCUT2D eigenvalue weighted by Gasteiger charge is 2.24. The fourth-order valence-corrected chi connectivity index (χ4v) is 3.97. The zero-order valence-electron chi connectivity index (χ0n) is 16.3. The molecule has 4 aromatic rings. The molecule has 31 heavy (non-hydrogen) atoms. The first-order chi connectivity index (χ1) is 14.9. The standard InChI is InChI=1S/C22H16Cl2N4O3/c1-13(26-21-20(28(30)31)17(24)10-11-25-21)18-12-14-6-5-9-16(23)19(14)22(29)27(18)15-7-3-2-4-8-15/h2-13H,1H3,(H,25,26)/t13-/m0/s1. The van der Waals surface area contributed by atoms with Gasteiger partial charge in [-0.2, -0.15) is 0 Å². The number of halogens is 2. The van der Waals surface area contributed by atoms with Gasteiger partial charge < -0.3 is 5.32 Å². The van der Waals surface area contributed by atoms with Gasteiger partial charge in [0.05, 0.1) is 21.4 Å². The number of para-hydroxylation sites is 1. The fraction of sp³-hybridized carbons (Fsp3) is 0.0909. The molecule has 0 fully saturated rings. The Bertz CT molecular complexity index is 1360. The summed E-state index contributed by atoms with van der Waals surface area (Å²) in [6, 6.07) is 17.0. The van der Waals surface area contributed by atoms with Gasteiger partial charge in [0.15, 0.2) is 0 Å². The number of hydrogen-bond acceptors (Lipinski definition) is 5. The fourth-order valence-electron chi connectivity index (χ4n) is 3.49. The van der Waals surface area contributed by atoms with Crippen LogP contribution >= 0.6 is 23.2 Å². The summed E-state index contributed by atoms with van der Waals surface area (Å²) in [6.45, 7) is 1.79. The van der Waals surface area contributed by atoms with Crippen LogP contribution in [0.25, 0.3) is 16.5 Å². The minimum Gasteiger partial charge on any atom is -0.356 e. The summed E-state index contributed by atoms with van der Waals surface area (Å²) in [5.74, 6) is 0.0169. The molecule has 2 heterocycles. The Kier molecular flexibility index (Phi) is 5.63. The molecule has 156 valence electrons. The first-order valence-electron chi connectivity index (χ1n) is 9.33. The van der Waals surface area contributed by atoms with E-state index in [-0.39, 0.29) is 22.1 Å². The molecule has 0 saturated carbocycles. The van der Waals surface area contributed by atoms with Gasteiger partial charge >= 0.3 is 5.69 Å². The molecule has 2 aromatic heterocycles. The summed E-state index contributed by atoms with van der Waals surface area (Å²) in [6.07, 6.45) is 1.38. The number of nitro groups is 1. The number of rotatable bonds is 5. The third-order valence-corrected chi connectivity index (χ3v) is 5.51. The second-order valence-corrected chi connectivity index (χ2v) is 7.68. The average molecular weight is 455 g/mol. The lowest BCUT2D eigenvalue weighted by Crippen LogP contribution is -2.26. The molecule has 9 heteroatoms. The third kappa shape index (κ3) is 3.85. The predicted molar refractivity (Wildman–Crippen MR) is 122 cm³/mol. The number of benzene rings is 2. The number of hydrogen-bond donors (Lipinski definition) is 1. The van der Waals surface area contributed by atoms with Gasteiger partial charge in [0.2, 0.25) is 5.82 Å². The first-order valence-corrected chi connectivity index (χ1v) is 10.1. The lowest BCUT2D eigenvalue weighted by Gasteiger charge is -2.21. The van der Waals surface area contributed by atoms with Gasteiger partial charge in [0.1, 0.15) is 5.02 Å². The van der Waals surface area contributed by atoms with Crippen molar-refractivity contribution in [3.8, 4) is 5.69 Å². The topological polar surface area (TPSA) is 90.1 Å². The molecule has 0 bridgehead atoms. The molecule has 0 aliphatic carbocycles. The maximum Gasteiger partial charge on any atom is 0.329 e. The maximum absolute atomic E-state index is 13.5. The van der Waals surface area contributed by atoms with Crippen LogP contribution in [0.2, 0.25) is 10.0 Å². The molecule has 7 nitrogen and oxygen atoms in total. The van der Waals surface area contributed by atoms with Crippen LogP contribution < -0.4 is 10.9 Å². The van der Waals surface area contributed by atoms with Crippen molar-refractivity contribution in [1.82, 2.24) is 9.55 Å². The summed E-state index contributed by atoms with van der Waals surface area (Å²) < 4.78 is 1.54. The van der Waals surface area contributed by atoms with Gasteiger partial charge in [-0.1, -0.05) is 53.5 Å². The van der Waals surface area contributed by atoms with E-state index in [1.54, 1.807) is 41.8 Å². The van der Waals surface area contributed by atoms with Gasteiger partial charge in [-0.15, -0.1) is 0 Å². The molecule has 0 unspecified atom stereocenters. The lowest BCUT2D eigenvalue weighted by atomic mass is 10.1. The Morgan fingerprint density at radius 1 is 1.06 bits per heavy atom. The molecule has 0 radical (unpaired) electrons. The first kappa shape index (κ1) is 20.8. The van der Waals surface area contributed by atoms with Crippen molar-refractivity contribution in [3.05, 3.63) is 103 Å². The summed E-state index contributed by atoms with van der Waals surface area (Å²) in [5.41, 5.74) is 0.619. The number of anilines is 1. The molecule has 0 amide bonds. The SMILES string of the molecule is C[C@H](Nc1nccc(Cl)c1[N+](=O)[O-])c1cc2cccc(Cl)c2c(=O)n1-c1ccccc1. The lowest BCUT2D eigenvalue weighted by molar-refractivity contribution is -0.384. The molecule has 4 rings (SSSR count). The van der Waals surface area contributed by atoms with Crippen LogP contribution in [-0.2, 0) is 0 Å². The summed E-state index contributed by atoms with van der Waals surface area (Å²) in [4.78, 5) is 28.4. The van der Waals surface area contributed by atoms with Crippen molar-refractivity contribution < 1.29 is 4.92 Å². The predicted octanol–water partition coefficient (Wildman–Crippen LogP) is 5.77. The quantitative estimate of drug-likeness (QED) is 0.305. The zero-order chi connectivity index (χ0) is 22.1. The van der Waals surface area contributed by atoms with Crippen LogP contribution in [0.1, 0.15) is 18.7 Å². The van der Waals surface area contributed by atoms with Crippen LogP contribution in [0.5, 0.6) is 0 Å². The number of nitrogens with zero attached hydrogens (tertiary/aromatic N) is 3. The minimum absolute atomic E-state index is 0.0169. The Morgan fingerprint density at radius 2 is 1.81 bits per heavy atom. The number of fused-ring (bicyclic) bond motifs is 1. The van der Waals surface area contributed by atoms with Crippen LogP contribution in [0.15, 0.2) is 71.7 Å². The second kappa shape index (κ2) is 8.37. The van der Waals surface area contributed by atoms with E-state index in [4.69, 9.17) is 23.2 Å². The van der Waals surface area contributed by atoms with Gasteiger partial charge in [0, 0.05) is 17.6 Å². The van der Waals surface area contributed by atoms with Crippen molar-refractivity contribution in [2.75, 3.05) is 5.32 Å². The molecular formula is C22H16Cl2N4O3. The number of nitrogens with one attached hydrogen (secondary N) is 1. The zero-order valence-corrected chi connectivity index (χ0v) is 17.8. The third-order valence-electron chi connectivity index (χ3n) is 4.89. The Labute approximate surface area is 187 Å². The molecule has 1 atom stereocenters. The van der Waals surface area contributed by atoms with Crippen LogP contribution in [0, 0.1) is 10.1 Å². The van der Waals surface area contributed by atoms with E-state index in [1.165, 1.54) is 12.3 Å². The van der Waals surface area contributed by atoms with Crippen molar-refractivity contribution in [3.63, 3.8) is 0 Å². The van der Waals surface area contributed by atoms with Gasteiger partial charge in [-0.05, 0) is 42.6 Å². The van der Waals surface area contributed by atoms with E-state index >= 15 is 0 Å². The highest BCUT2D eigenvalue weighted by molar-refractivity contribution is 6.35. The molecule has 0 aliphatic heterocycles. The molecule has 0 saturated heterocycles. The van der Waals surface area contributed by atoms with E-state index in [2.05, 4.69) is 10.3 Å². The van der Waals surface area contributed by atoms with Crippen LogP contribution in [0.4, 0.5) is 11.5 Å². The summed E-state index contributed by atoms with van der Waals surface area (Å²) in [7, 11) is 0. The Morgan fingerprint density at radius 3 is 2.52 bits per heavy atom. The highest BCUT2D eigenvalue weighted by Crippen LogP contribution is 2.33. The highest BCUT2D eigenvalue weighted by atomic mass is 35.5. The van der Waals surface area contributed by atoms with Gasteiger partial charge in [0.25, 0.3) is 5.56 Å². The normalized spacial score (nSPS) is 12.0. The van der Waals surface area contributed by atoms with E-state index in [1.807, 2.05) is 24.3 Å². The van der Waals surface area contributed by atoms with Crippen molar-refractivity contribution in [2.24, 2.45) is 0 Å². The van der Waals surface area contributed by atoms with Crippen molar-refractivity contribution in [2.45, 2.75) is 13.0 Å². The number of aromatic nitrogens is 2. The van der Waals surface area contributed by atoms with E-state index < -0.39 is 11.0 Å². The molecule has 0 spiro atoms. The van der Waals surface area contributed by atoms with Crippen molar-refractivity contribution >= 4 is 45.5 Å². The monoisotopic (exact) mass is 454 g/mol. The summed E-state index contributed by atoms with van der Waals surface area (Å²) in [5, 5.41) is 15.9. The van der Waals surface area contributed by atoms with E-state index in [9.17, 15) is 14.9 Å². The Balaban J connectivity index is 1.93. The van der Waals surface area contributed by atoms with Crippen LogP contribution in [0.3, 0.4) is 0 Å². The Hall–Kier alpha value is -3.42. The second-order valence-electron chi connectivity index (χ2n) is 6.86. The molecular weight excluding hydrogens is 439 g/mol. The smallest absolute Gasteiger partial charge is 0.329 e.